The van der Waals surface area contributed by atoms with E-state index < -0.39 is 51.7 Å². The molecule has 0 aliphatic carbocycles. The standard InChI is InChI=1S/C8H8N2O12S4/c9-10-5-3-6(23-21-19-1-2-24(12)22-20-11)8(26(16,17)18)4-7(5)25(13,14)15/h3-4H,1-2H2,(H2-,11,13,14,15,16,17,18)/p+1. The predicted molar refractivity (Wildman–Crippen MR) is 81.5 cm³/mol. The highest BCUT2D eigenvalue weighted by molar-refractivity contribution is 7.95. The molecule has 0 radical (unpaired) electrons. The molecular formula is C8H9N2O12S4+. The van der Waals surface area contributed by atoms with E-state index in [4.69, 9.17) is 19.8 Å². The van der Waals surface area contributed by atoms with Gasteiger partial charge in [0.15, 0.2) is 21.0 Å². The van der Waals surface area contributed by atoms with Gasteiger partial charge in [0.05, 0.1) is 35.4 Å². The van der Waals surface area contributed by atoms with Crippen LogP contribution in [-0.4, -0.2) is 47.8 Å². The van der Waals surface area contributed by atoms with E-state index in [9.17, 15) is 21.0 Å². The highest BCUT2D eigenvalue weighted by atomic mass is 32.2. The van der Waals surface area contributed by atoms with Crippen molar-refractivity contribution in [2.45, 2.75) is 14.7 Å². The quantitative estimate of drug-likeness (QED) is 0.111. The molecule has 0 heterocycles. The van der Waals surface area contributed by atoms with Crippen molar-refractivity contribution in [1.29, 1.82) is 5.39 Å². The van der Waals surface area contributed by atoms with Crippen LogP contribution in [0.2, 0.25) is 0 Å². The van der Waals surface area contributed by atoms with E-state index in [-0.39, 0.29) is 24.4 Å². The second kappa shape index (κ2) is 9.62. The number of diazo groups is 1. The van der Waals surface area contributed by atoms with E-state index >= 15 is 0 Å². The Morgan fingerprint density at radius 3 is 2.27 bits per heavy atom. The maximum atomic E-state index is 11.4. The topological polar surface area (TPSA) is 211 Å². The Hall–Kier alpha value is -1.24. The number of hydrogen-bond acceptors (Lipinski definition) is 12. The zero-order valence-corrected chi connectivity index (χ0v) is 15.4. The third kappa shape index (κ3) is 6.82. The van der Waals surface area contributed by atoms with E-state index in [1.165, 1.54) is 0 Å². The van der Waals surface area contributed by atoms with Crippen LogP contribution in [0, 0.1) is 5.39 Å². The maximum absolute atomic E-state index is 11.4. The molecule has 0 bridgehead atoms. The van der Waals surface area contributed by atoms with Gasteiger partial charge in [0.2, 0.25) is 5.39 Å². The van der Waals surface area contributed by atoms with Gasteiger partial charge in [-0.3, -0.25) is 9.11 Å². The summed E-state index contributed by atoms with van der Waals surface area (Å²) in [6.45, 7) is -0.384. The molecule has 0 aliphatic heterocycles. The van der Waals surface area contributed by atoms with E-state index in [1.54, 1.807) is 0 Å². The van der Waals surface area contributed by atoms with Gasteiger partial charge in [-0.25, -0.2) is 14.4 Å². The third-order valence-corrected chi connectivity index (χ3v) is 5.60. The van der Waals surface area contributed by atoms with Crippen LogP contribution < -0.4 is 0 Å². The summed E-state index contributed by atoms with van der Waals surface area (Å²) in [6, 6.07) is 1.01. The summed E-state index contributed by atoms with van der Waals surface area (Å²) in [5, 5.41) is 19.8. The van der Waals surface area contributed by atoms with E-state index in [0.29, 0.717) is 12.1 Å². The molecule has 26 heavy (non-hydrogen) atoms. The Labute approximate surface area is 152 Å². The molecule has 0 saturated heterocycles. The Kier molecular flexibility index (Phi) is 8.44. The molecule has 1 unspecified atom stereocenters. The second-order valence-corrected chi connectivity index (χ2v) is 8.61. The lowest BCUT2D eigenvalue weighted by molar-refractivity contribution is -0.435. The van der Waals surface area contributed by atoms with Crippen LogP contribution in [0.25, 0.3) is 4.98 Å². The van der Waals surface area contributed by atoms with Crippen molar-refractivity contribution in [2.75, 3.05) is 12.4 Å². The monoisotopic (exact) mass is 453 g/mol. The van der Waals surface area contributed by atoms with Crippen LogP contribution in [0.5, 0.6) is 0 Å². The smallest absolute Gasteiger partial charge is 0.282 e. The van der Waals surface area contributed by atoms with Crippen molar-refractivity contribution in [2.24, 2.45) is 0 Å². The average Bonchev–Trinajstić information content (AvgIpc) is 2.52. The molecule has 146 valence electrons. The first-order valence-electron chi connectivity index (χ1n) is 5.82. The van der Waals surface area contributed by atoms with Crippen molar-refractivity contribution in [3.63, 3.8) is 0 Å². The summed E-state index contributed by atoms with van der Waals surface area (Å²) in [6.07, 6.45) is 0. The van der Waals surface area contributed by atoms with Gasteiger partial charge in [0.1, 0.15) is 4.90 Å². The number of nitrogens with zero attached hydrogens (tertiary/aromatic N) is 2. The van der Waals surface area contributed by atoms with Gasteiger partial charge < -0.3 is 0 Å². The predicted octanol–water partition coefficient (Wildman–Crippen LogP) is 0.705. The van der Waals surface area contributed by atoms with Crippen molar-refractivity contribution in [3.05, 3.63) is 17.1 Å². The molecule has 0 spiro atoms. The number of hydrogen-bond donors (Lipinski definition) is 3. The minimum atomic E-state index is -4.98. The molecule has 0 saturated carbocycles. The van der Waals surface area contributed by atoms with Crippen LogP contribution in [0.15, 0.2) is 26.8 Å². The van der Waals surface area contributed by atoms with Crippen LogP contribution in [-0.2, 0) is 49.9 Å². The molecule has 0 amide bonds. The Morgan fingerprint density at radius 1 is 1.15 bits per heavy atom. The molecule has 0 fully saturated rings. The largest absolute Gasteiger partial charge is 0.407 e. The van der Waals surface area contributed by atoms with Crippen molar-refractivity contribution in [3.8, 4) is 0 Å². The molecule has 14 nitrogen and oxygen atoms in total. The molecule has 0 aliphatic rings. The fourth-order valence-corrected chi connectivity index (χ4v) is 3.88. The lowest BCUT2D eigenvalue weighted by Gasteiger charge is -2.06. The zero-order valence-electron chi connectivity index (χ0n) is 12.1. The van der Waals surface area contributed by atoms with Crippen LogP contribution in [0.4, 0.5) is 5.69 Å². The van der Waals surface area contributed by atoms with Gasteiger partial charge >= 0.3 is 15.8 Å². The second-order valence-electron chi connectivity index (χ2n) is 3.94. The highest BCUT2D eigenvalue weighted by Crippen LogP contribution is 2.36. The van der Waals surface area contributed by atoms with Gasteiger partial charge in [0.25, 0.3) is 10.1 Å². The molecule has 1 aromatic rings. The summed E-state index contributed by atoms with van der Waals surface area (Å²) in [7, 11) is -9.95. The van der Waals surface area contributed by atoms with Crippen LogP contribution in [0.3, 0.4) is 0 Å². The van der Waals surface area contributed by atoms with Crippen molar-refractivity contribution < 1.29 is 54.0 Å². The van der Waals surface area contributed by atoms with E-state index in [0.717, 1.165) is 0 Å². The maximum Gasteiger partial charge on any atom is 0.407 e. The van der Waals surface area contributed by atoms with Gasteiger partial charge in [-0.15, -0.1) is 4.33 Å². The first-order valence-corrected chi connectivity index (χ1v) is 10.7. The molecule has 3 N–H and O–H groups in total. The fourth-order valence-electron chi connectivity index (χ4n) is 1.35. The van der Waals surface area contributed by atoms with Crippen LogP contribution >= 0.6 is 12.0 Å². The minimum absolute atomic E-state index is 0.158. The van der Waals surface area contributed by atoms with Gasteiger partial charge in [0, 0.05) is 0 Å². The Bertz CT molecular complexity index is 921. The van der Waals surface area contributed by atoms with Gasteiger partial charge in [-0.2, -0.15) is 21.2 Å². The Morgan fingerprint density at radius 2 is 1.77 bits per heavy atom. The van der Waals surface area contributed by atoms with E-state index in [1.807, 2.05) is 0 Å². The summed E-state index contributed by atoms with van der Waals surface area (Å²) >= 11 is -1.91. The van der Waals surface area contributed by atoms with Gasteiger partial charge in [-0.1, -0.05) is 5.04 Å². The fraction of sp³-hybridized carbons (Fsp3) is 0.250. The van der Waals surface area contributed by atoms with Crippen molar-refractivity contribution >= 4 is 49.0 Å². The first-order chi connectivity index (χ1) is 12.0. The molecule has 1 atom stereocenters. The molecule has 0 aromatic heterocycles. The molecule has 1 aromatic carbocycles. The summed E-state index contributed by atoms with van der Waals surface area (Å²) in [5.41, 5.74) is -0.749. The Balaban J connectivity index is 3.01. The molecular weight excluding hydrogens is 444 g/mol. The lowest BCUT2D eigenvalue weighted by Crippen LogP contribution is -2.08. The zero-order chi connectivity index (χ0) is 20.0. The SMILES string of the molecule is N#[N+]c1cc(SOOCCS(=O)OOO)c(S(=O)(=O)O)cc1S(=O)(=O)O. The van der Waals surface area contributed by atoms with Gasteiger partial charge in [-0.05, 0) is 6.07 Å². The van der Waals surface area contributed by atoms with Crippen LogP contribution in [0.1, 0.15) is 0 Å². The normalized spacial score (nSPS) is 13.3. The van der Waals surface area contributed by atoms with E-state index in [2.05, 4.69) is 23.6 Å². The molecule has 18 heteroatoms. The summed E-state index contributed by atoms with van der Waals surface area (Å²) in [4.78, 5) is 4.55. The van der Waals surface area contributed by atoms with Crippen molar-refractivity contribution in [1.82, 2.24) is 0 Å². The third-order valence-electron chi connectivity index (χ3n) is 2.30. The summed E-state index contributed by atoms with van der Waals surface area (Å²) in [5.74, 6) is -0.328. The number of rotatable bonds is 10. The minimum Gasteiger partial charge on any atom is -0.282 e. The number of benzene rings is 1. The highest BCUT2D eigenvalue weighted by Gasteiger charge is 2.31. The summed E-state index contributed by atoms with van der Waals surface area (Å²) < 4.78 is 82.5. The first kappa shape index (κ1) is 22.8. The molecule has 1 rings (SSSR count). The average molecular weight is 453 g/mol. The lowest BCUT2D eigenvalue weighted by atomic mass is 10.3.